The molecule has 0 fully saturated rings. The van der Waals surface area contributed by atoms with E-state index in [0.29, 0.717) is 24.0 Å². The van der Waals surface area contributed by atoms with Gasteiger partial charge in [-0.3, -0.25) is 9.59 Å². The Balaban J connectivity index is 1.69. The molecule has 198 valence electrons. The van der Waals surface area contributed by atoms with E-state index >= 15 is 0 Å². The van der Waals surface area contributed by atoms with E-state index in [9.17, 15) is 23.9 Å². The second-order valence-corrected chi connectivity index (χ2v) is 9.72. The van der Waals surface area contributed by atoms with Crippen molar-refractivity contribution in [2.75, 3.05) is 0 Å². The van der Waals surface area contributed by atoms with Crippen LogP contribution < -0.4 is 16.1 Å². The van der Waals surface area contributed by atoms with Crippen LogP contribution in [0.15, 0.2) is 59.4 Å². The predicted molar refractivity (Wildman–Crippen MR) is 140 cm³/mol. The molecule has 0 bridgehead atoms. The zero-order valence-electron chi connectivity index (χ0n) is 21.5. The van der Waals surface area contributed by atoms with E-state index in [0.717, 1.165) is 18.4 Å². The topological polar surface area (TPSA) is 105 Å². The molecule has 2 amide bonds. The monoisotopic (exact) mass is 510 g/mol. The van der Waals surface area contributed by atoms with Crippen LogP contribution in [0.3, 0.4) is 0 Å². The van der Waals surface area contributed by atoms with E-state index in [-0.39, 0.29) is 23.5 Å². The fourth-order valence-electron chi connectivity index (χ4n) is 4.20. The number of hydrogen-bond acceptors (Lipinski definition) is 5. The van der Waals surface area contributed by atoms with E-state index in [2.05, 4.69) is 10.6 Å². The molecule has 0 aliphatic carbocycles. The van der Waals surface area contributed by atoms with Gasteiger partial charge in [-0.05, 0) is 42.0 Å². The van der Waals surface area contributed by atoms with Crippen molar-refractivity contribution in [3.63, 3.8) is 0 Å². The number of carbonyl (C=O) groups excluding carboxylic acids is 2. The second kappa shape index (κ2) is 13.1. The summed E-state index contributed by atoms with van der Waals surface area (Å²) in [4.78, 5) is 38.2. The number of hydrogen-bond donors (Lipinski definition) is 3. The molecule has 0 heterocycles. The van der Waals surface area contributed by atoms with Gasteiger partial charge in [0.1, 0.15) is 24.6 Å². The lowest BCUT2D eigenvalue weighted by molar-refractivity contribution is -0.125. The molecule has 37 heavy (non-hydrogen) atoms. The number of carbonyl (C=O) groups is 2. The van der Waals surface area contributed by atoms with Crippen LogP contribution in [0, 0.1) is 11.7 Å². The Labute approximate surface area is 216 Å². The fraction of sp³-hybridized carbons (Fsp3) is 0.414. The number of aliphatic hydroxyl groups is 1. The van der Waals surface area contributed by atoms with Crippen LogP contribution in [0.1, 0.15) is 63.7 Å². The minimum Gasteiger partial charge on any atom is -0.445 e. The third kappa shape index (κ3) is 7.98. The smallest absolute Gasteiger partial charge is 0.408 e. The number of nitrogens with one attached hydrogen (secondary N) is 2. The van der Waals surface area contributed by atoms with Crippen molar-refractivity contribution in [2.24, 2.45) is 5.92 Å². The van der Waals surface area contributed by atoms with Crippen LogP contribution in [0.25, 0.3) is 11.1 Å². The van der Waals surface area contributed by atoms with Gasteiger partial charge < -0.3 is 20.5 Å². The Hall–Kier alpha value is -3.52. The first-order chi connectivity index (χ1) is 17.7. The summed E-state index contributed by atoms with van der Waals surface area (Å²) < 4.78 is 18.6. The van der Waals surface area contributed by atoms with Crippen molar-refractivity contribution < 1.29 is 23.8 Å². The van der Waals surface area contributed by atoms with E-state index in [4.69, 9.17) is 4.74 Å². The number of unbranched alkanes of at least 4 members (excludes halogenated alkanes) is 1. The minimum atomic E-state index is -1.22. The highest BCUT2D eigenvalue weighted by Crippen LogP contribution is 2.33. The van der Waals surface area contributed by atoms with Crippen molar-refractivity contribution in [3.05, 3.63) is 81.8 Å². The highest BCUT2D eigenvalue weighted by Gasteiger charge is 2.36. The zero-order valence-corrected chi connectivity index (χ0v) is 21.5. The summed E-state index contributed by atoms with van der Waals surface area (Å²) >= 11 is 0. The molecule has 3 rings (SSSR count). The predicted octanol–water partition coefficient (Wildman–Crippen LogP) is 4.78. The van der Waals surface area contributed by atoms with E-state index < -0.39 is 36.0 Å². The molecule has 0 radical (unpaired) electrons. The highest BCUT2D eigenvalue weighted by molar-refractivity contribution is 5.86. The van der Waals surface area contributed by atoms with Gasteiger partial charge in [0, 0.05) is 11.1 Å². The quantitative estimate of drug-likeness (QED) is 0.307. The molecule has 0 aromatic heterocycles. The number of alkyl carbamates (subject to hydrolysis) is 1. The van der Waals surface area contributed by atoms with Crippen LogP contribution in [-0.4, -0.2) is 29.2 Å². The molecule has 0 saturated heterocycles. The van der Waals surface area contributed by atoms with Crippen LogP contribution in [0.5, 0.6) is 0 Å². The fourth-order valence-corrected chi connectivity index (χ4v) is 4.20. The maximum Gasteiger partial charge on any atom is 0.408 e. The Kier molecular flexibility index (Phi) is 9.97. The van der Waals surface area contributed by atoms with Crippen molar-refractivity contribution >= 4 is 12.0 Å². The van der Waals surface area contributed by atoms with Gasteiger partial charge in [-0.15, -0.1) is 0 Å². The Morgan fingerprint density at radius 1 is 1.03 bits per heavy atom. The van der Waals surface area contributed by atoms with Crippen LogP contribution in [-0.2, 0) is 16.1 Å². The number of aliphatic hydroxyl groups excluding tert-OH is 1. The SMILES string of the molecule is CCCC[C@H](NC(=O)[C@H](CC(C)C)NC(=O)OCc1ccccc1)C(O)c1c(-c2ccc(F)cc2)c1=O. The Morgan fingerprint density at radius 3 is 2.32 bits per heavy atom. The first kappa shape index (κ1) is 28.1. The second-order valence-electron chi connectivity index (χ2n) is 9.72. The maximum atomic E-state index is 13.3. The number of benzene rings is 2. The van der Waals surface area contributed by atoms with Gasteiger partial charge in [-0.1, -0.05) is 76.1 Å². The lowest BCUT2D eigenvalue weighted by atomic mass is 9.99. The summed E-state index contributed by atoms with van der Waals surface area (Å²) in [5.41, 5.74) is 1.63. The molecule has 8 heteroatoms. The molecule has 3 aromatic rings. The van der Waals surface area contributed by atoms with Gasteiger partial charge >= 0.3 is 6.09 Å². The Morgan fingerprint density at radius 2 is 1.70 bits per heavy atom. The van der Waals surface area contributed by atoms with E-state index in [1.165, 1.54) is 24.3 Å². The number of rotatable bonds is 13. The average molecular weight is 511 g/mol. The van der Waals surface area contributed by atoms with Gasteiger partial charge in [-0.25, -0.2) is 9.18 Å². The average Bonchev–Trinajstić information content (AvgIpc) is 3.55. The van der Waals surface area contributed by atoms with Crippen LogP contribution >= 0.6 is 0 Å². The Bertz CT molecular complexity index is 1170. The lowest BCUT2D eigenvalue weighted by Gasteiger charge is -2.26. The molecule has 0 spiro atoms. The van der Waals surface area contributed by atoms with Crippen molar-refractivity contribution in [3.8, 4) is 11.1 Å². The van der Waals surface area contributed by atoms with Crippen molar-refractivity contribution in [1.82, 2.24) is 10.6 Å². The lowest BCUT2D eigenvalue weighted by Crippen LogP contribution is -2.51. The van der Waals surface area contributed by atoms with Gasteiger partial charge in [0.05, 0.1) is 6.04 Å². The van der Waals surface area contributed by atoms with Crippen molar-refractivity contribution in [1.29, 1.82) is 0 Å². The first-order valence-corrected chi connectivity index (χ1v) is 12.7. The summed E-state index contributed by atoms with van der Waals surface area (Å²) in [5.74, 6) is -0.775. The molecule has 7 nitrogen and oxygen atoms in total. The van der Waals surface area contributed by atoms with Gasteiger partial charge in [0.25, 0.3) is 0 Å². The summed E-state index contributed by atoms with van der Waals surface area (Å²) in [5, 5.41) is 16.6. The zero-order chi connectivity index (χ0) is 26.9. The standard InChI is InChI=1S/C29H35FN2O5/c1-4-5-11-22(26(33)25-24(27(25)34)20-12-14-21(30)15-13-20)31-28(35)23(16-18(2)3)32-29(36)37-17-19-9-7-6-8-10-19/h6-10,12-15,18,22-23,26,33H,4-5,11,16-17H2,1-3H3,(H,31,35)(H,32,36)/t22-,23-,26?/m0/s1. The van der Waals surface area contributed by atoms with E-state index in [1.54, 1.807) is 0 Å². The third-order valence-electron chi connectivity index (χ3n) is 6.21. The highest BCUT2D eigenvalue weighted by atomic mass is 19.1. The minimum absolute atomic E-state index is 0.0724. The third-order valence-corrected chi connectivity index (χ3v) is 6.21. The molecule has 3 atom stereocenters. The summed E-state index contributed by atoms with van der Waals surface area (Å²) in [6.45, 7) is 5.93. The molecule has 1 unspecified atom stereocenters. The number of ether oxygens (including phenoxy) is 1. The molecule has 0 aliphatic rings. The van der Waals surface area contributed by atoms with E-state index in [1.807, 2.05) is 51.1 Å². The number of halogens is 1. The summed E-state index contributed by atoms with van der Waals surface area (Å²) in [6, 6.07) is 13.1. The largest absolute Gasteiger partial charge is 0.445 e. The molecule has 0 saturated carbocycles. The summed E-state index contributed by atoms with van der Waals surface area (Å²) in [6.07, 6.45) is 0.434. The number of amides is 2. The molecule has 3 N–H and O–H groups in total. The van der Waals surface area contributed by atoms with Crippen LogP contribution in [0.4, 0.5) is 9.18 Å². The van der Waals surface area contributed by atoms with Gasteiger partial charge in [0.15, 0.2) is 5.43 Å². The molecule has 3 aromatic carbocycles. The van der Waals surface area contributed by atoms with Crippen molar-refractivity contribution in [2.45, 2.75) is 71.2 Å². The maximum absolute atomic E-state index is 13.3. The molecular weight excluding hydrogens is 475 g/mol. The molecular formula is C29H35FN2O5. The van der Waals surface area contributed by atoms with Crippen LogP contribution in [0.2, 0.25) is 0 Å². The summed E-state index contributed by atoms with van der Waals surface area (Å²) in [7, 11) is 0. The molecule has 0 aliphatic heterocycles. The van der Waals surface area contributed by atoms with Gasteiger partial charge in [-0.2, -0.15) is 0 Å². The normalized spacial score (nSPS) is 13.8. The first-order valence-electron chi connectivity index (χ1n) is 12.7. The van der Waals surface area contributed by atoms with Gasteiger partial charge in [0.2, 0.25) is 5.91 Å².